The van der Waals surface area contributed by atoms with Crippen LogP contribution in [0.3, 0.4) is 0 Å². The fourth-order valence-corrected chi connectivity index (χ4v) is 4.91. The monoisotopic (exact) mass is 383 g/mol. The Hall–Kier alpha value is -2.69. The van der Waals surface area contributed by atoms with Crippen LogP contribution in [-0.2, 0) is 10.0 Å². The average Bonchev–Trinajstić information content (AvgIpc) is 2.68. The molecule has 7 heteroatoms. The van der Waals surface area contributed by atoms with Gasteiger partial charge in [0.1, 0.15) is 0 Å². The van der Waals surface area contributed by atoms with Crippen LogP contribution in [0.2, 0.25) is 0 Å². The molecular weight excluding hydrogens is 362 g/mol. The summed E-state index contributed by atoms with van der Waals surface area (Å²) in [4.78, 5) is 12.6. The largest absolute Gasteiger partial charge is 0.322 e. The van der Waals surface area contributed by atoms with Gasteiger partial charge in [-0.15, -0.1) is 0 Å². The third-order valence-electron chi connectivity index (χ3n) is 4.71. The zero-order chi connectivity index (χ0) is 19.4. The summed E-state index contributed by atoms with van der Waals surface area (Å²) < 4.78 is 27.2. The van der Waals surface area contributed by atoms with Crippen LogP contribution in [0.25, 0.3) is 0 Å². The molecule has 1 aliphatic heterocycles. The zero-order valence-corrected chi connectivity index (χ0v) is 15.9. The number of nitrogens with one attached hydrogen (secondary N) is 1. The van der Waals surface area contributed by atoms with Crippen LogP contribution in [0.1, 0.15) is 42.1 Å². The van der Waals surface area contributed by atoms with E-state index in [1.165, 1.54) is 24.3 Å². The van der Waals surface area contributed by atoms with Crippen LogP contribution >= 0.6 is 0 Å². The molecule has 2 aromatic carbocycles. The third kappa shape index (κ3) is 4.18. The van der Waals surface area contributed by atoms with Crippen LogP contribution in [0.5, 0.6) is 0 Å². The molecule has 1 N–H and O–H groups in total. The molecule has 1 amide bonds. The second kappa shape index (κ2) is 7.91. The maximum absolute atomic E-state index is 12.8. The van der Waals surface area contributed by atoms with Gasteiger partial charge in [-0.3, -0.25) is 4.79 Å². The van der Waals surface area contributed by atoms with Gasteiger partial charge in [-0.05, 0) is 62.2 Å². The molecule has 0 aromatic heterocycles. The fraction of sp³-hybridized carbons (Fsp3) is 0.300. The van der Waals surface area contributed by atoms with Crippen LogP contribution in [-0.4, -0.2) is 31.2 Å². The first-order chi connectivity index (χ1) is 12.9. The number of rotatable bonds is 4. The number of piperidine rings is 1. The van der Waals surface area contributed by atoms with Gasteiger partial charge in [0, 0.05) is 23.8 Å². The molecule has 1 fully saturated rings. The number of amides is 1. The Bertz CT molecular complexity index is 978. The summed E-state index contributed by atoms with van der Waals surface area (Å²) in [6.07, 6.45) is 2.77. The maximum Gasteiger partial charge on any atom is 0.255 e. The van der Waals surface area contributed by atoms with Crippen LogP contribution < -0.4 is 5.32 Å². The molecule has 0 unspecified atom stereocenters. The number of sulfonamides is 1. The summed E-state index contributed by atoms with van der Waals surface area (Å²) in [5, 5.41) is 11.6. The predicted octanol–water partition coefficient (Wildman–Crippen LogP) is 3.37. The van der Waals surface area contributed by atoms with Gasteiger partial charge in [0.05, 0.1) is 16.5 Å². The second-order valence-corrected chi connectivity index (χ2v) is 8.52. The van der Waals surface area contributed by atoms with Gasteiger partial charge in [-0.2, -0.15) is 9.57 Å². The van der Waals surface area contributed by atoms with Crippen molar-refractivity contribution < 1.29 is 13.2 Å². The smallest absolute Gasteiger partial charge is 0.255 e. The van der Waals surface area contributed by atoms with E-state index in [0.717, 1.165) is 19.3 Å². The molecule has 3 rings (SSSR count). The maximum atomic E-state index is 12.8. The third-order valence-corrected chi connectivity index (χ3v) is 6.74. The quantitative estimate of drug-likeness (QED) is 0.876. The normalized spacial score (nSPS) is 17.9. The van der Waals surface area contributed by atoms with E-state index < -0.39 is 10.0 Å². The van der Waals surface area contributed by atoms with E-state index >= 15 is 0 Å². The number of nitrogens with zero attached hydrogens (tertiary/aromatic N) is 2. The minimum atomic E-state index is -3.56. The van der Waals surface area contributed by atoms with E-state index in [4.69, 9.17) is 5.26 Å². The molecule has 1 aliphatic rings. The summed E-state index contributed by atoms with van der Waals surface area (Å²) in [5.41, 5.74) is 1.31. The summed E-state index contributed by atoms with van der Waals surface area (Å²) >= 11 is 0. The summed E-state index contributed by atoms with van der Waals surface area (Å²) in [7, 11) is -3.56. The van der Waals surface area contributed by atoms with E-state index in [-0.39, 0.29) is 16.8 Å². The van der Waals surface area contributed by atoms with E-state index in [0.29, 0.717) is 23.4 Å². The molecule has 6 nitrogen and oxygen atoms in total. The Balaban J connectivity index is 1.76. The lowest BCUT2D eigenvalue weighted by Gasteiger charge is -2.32. The van der Waals surface area contributed by atoms with Crippen molar-refractivity contribution in [1.82, 2.24) is 4.31 Å². The highest BCUT2D eigenvalue weighted by Crippen LogP contribution is 2.25. The molecule has 0 spiro atoms. The van der Waals surface area contributed by atoms with Crippen molar-refractivity contribution in [3.05, 3.63) is 59.7 Å². The molecule has 0 bridgehead atoms. The SMILES string of the molecule is C[C@@H]1CCCCN1S(=O)(=O)c1ccc(C(=O)Nc2cccc(C#N)c2)cc1. The number of carbonyl (C=O) groups excluding carboxylic acids is 1. The zero-order valence-electron chi connectivity index (χ0n) is 15.1. The van der Waals surface area contributed by atoms with Crippen molar-refractivity contribution in [1.29, 1.82) is 5.26 Å². The molecule has 1 heterocycles. The van der Waals surface area contributed by atoms with Gasteiger partial charge in [-0.1, -0.05) is 12.5 Å². The van der Waals surface area contributed by atoms with Gasteiger partial charge < -0.3 is 5.32 Å². The molecule has 0 radical (unpaired) electrons. The van der Waals surface area contributed by atoms with Crippen molar-refractivity contribution in [3.8, 4) is 6.07 Å². The molecular formula is C20H21N3O3S. The molecule has 2 aromatic rings. The molecule has 27 heavy (non-hydrogen) atoms. The minimum Gasteiger partial charge on any atom is -0.322 e. The lowest BCUT2D eigenvalue weighted by atomic mass is 10.1. The molecule has 0 saturated carbocycles. The highest BCUT2D eigenvalue weighted by molar-refractivity contribution is 7.89. The van der Waals surface area contributed by atoms with Crippen LogP contribution in [0, 0.1) is 11.3 Å². The molecule has 0 aliphatic carbocycles. The Morgan fingerprint density at radius 1 is 1.19 bits per heavy atom. The van der Waals surface area contributed by atoms with E-state index in [1.54, 1.807) is 28.6 Å². The minimum absolute atomic E-state index is 0.0147. The van der Waals surface area contributed by atoms with Crippen LogP contribution in [0.15, 0.2) is 53.4 Å². The highest BCUT2D eigenvalue weighted by atomic mass is 32.2. The van der Waals surface area contributed by atoms with Gasteiger partial charge in [0.2, 0.25) is 10.0 Å². The highest BCUT2D eigenvalue weighted by Gasteiger charge is 2.30. The van der Waals surface area contributed by atoms with Gasteiger partial charge in [0.25, 0.3) is 5.91 Å². The predicted molar refractivity (Wildman–Crippen MR) is 103 cm³/mol. The Kier molecular flexibility index (Phi) is 5.59. The van der Waals surface area contributed by atoms with Crippen molar-refractivity contribution in [2.75, 3.05) is 11.9 Å². The average molecular weight is 383 g/mol. The van der Waals surface area contributed by atoms with Gasteiger partial charge in [0.15, 0.2) is 0 Å². The standard InChI is InChI=1S/C20H21N3O3S/c1-15-5-2-3-12-23(15)27(25,26)19-10-8-17(9-11-19)20(24)22-18-7-4-6-16(13-18)14-21/h4,6-11,13,15H,2-3,5,12H2,1H3,(H,22,24)/t15-/m1/s1. The van der Waals surface area contributed by atoms with E-state index in [2.05, 4.69) is 5.32 Å². The molecule has 140 valence electrons. The first-order valence-electron chi connectivity index (χ1n) is 8.85. The number of carbonyl (C=O) groups is 1. The summed E-state index contributed by atoms with van der Waals surface area (Å²) in [6, 6.07) is 14.6. The van der Waals surface area contributed by atoms with Gasteiger partial charge >= 0.3 is 0 Å². The van der Waals surface area contributed by atoms with Gasteiger partial charge in [-0.25, -0.2) is 8.42 Å². The summed E-state index contributed by atoms with van der Waals surface area (Å²) in [5.74, 6) is -0.361. The number of hydrogen-bond acceptors (Lipinski definition) is 4. The molecule has 1 atom stereocenters. The van der Waals surface area contributed by atoms with E-state index in [9.17, 15) is 13.2 Å². The van der Waals surface area contributed by atoms with Crippen LogP contribution in [0.4, 0.5) is 5.69 Å². The Morgan fingerprint density at radius 3 is 2.59 bits per heavy atom. The van der Waals surface area contributed by atoms with Crippen molar-refractivity contribution >= 4 is 21.6 Å². The lowest BCUT2D eigenvalue weighted by molar-refractivity contribution is 0.102. The fourth-order valence-electron chi connectivity index (χ4n) is 3.21. The molecule has 1 saturated heterocycles. The van der Waals surface area contributed by atoms with E-state index in [1.807, 2.05) is 13.0 Å². The lowest BCUT2D eigenvalue weighted by Crippen LogP contribution is -2.41. The Morgan fingerprint density at radius 2 is 1.93 bits per heavy atom. The Labute approximate surface area is 159 Å². The number of anilines is 1. The van der Waals surface area contributed by atoms with Crippen molar-refractivity contribution in [2.24, 2.45) is 0 Å². The topological polar surface area (TPSA) is 90.3 Å². The second-order valence-electron chi connectivity index (χ2n) is 6.63. The number of benzene rings is 2. The first kappa shape index (κ1) is 19.1. The first-order valence-corrected chi connectivity index (χ1v) is 10.3. The summed E-state index contributed by atoms with van der Waals surface area (Å²) in [6.45, 7) is 2.45. The van der Waals surface area contributed by atoms with Crippen molar-refractivity contribution in [2.45, 2.75) is 37.1 Å². The number of hydrogen-bond donors (Lipinski definition) is 1. The number of nitriles is 1. The van der Waals surface area contributed by atoms with Crippen molar-refractivity contribution in [3.63, 3.8) is 0 Å².